The van der Waals surface area contributed by atoms with E-state index in [1.807, 2.05) is 6.92 Å². The molecule has 128 valence electrons. The van der Waals surface area contributed by atoms with E-state index in [0.717, 1.165) is 0 Å². The molecule has 1 heterocycles. The second kappa shape index (κ2) is 6.72. The predicted octanol–water partition coefficient (Wildman–Crippen LogP) is 2.30. The molecule has 1 saturated heterocycles. The Morgan fingerprint density at radius 3 is 2.43 bits per heavy atom. The zero-order valence-corrected chi connectivity index (χ0v) is 14.6. The summed E-state index contributed by atoms with van der Waals surface area (Å²) < 4.78 is 26.9. The average Bonchev–Trinajstić information content (AvgIpc) is 2.48. The molecule has 0 aliphatic carbocycles. The van der Waals surface area contributed by atoms with Crippen molar-refractivity contribution < 1.29 is 13.3 Å². The lowest BCUT2D eigenvalue weighted by Gasteiger charge is -2.33. The van der Waals surface area contributed by atoms with Crippen molar-refractivity contribution in [2.75, 3.05) is 13.1 Å². The standard InChI is InChI=1S/C14H20ClN3O4S/c1-9-7-12(18(19)20)14(15)13(8-9)23(21,22)17-5-3-11(4-6-17)10(2)16/h7-8,10-11H,3-6,16H2,1-2H3. The van der Waals surface area contributed by atoms with Crippen LogP contribution in [0.25, 0.3) is 0 Å². The highest BCUT2D eigenvalue weighted by Gasteiger charge is 2.34. The fourth-order valence-electron chi connectivity index (χ4n) is 2.82. The van der Waals surface area contributed by atoms with Crippen LogP contribution in [0.5, 0.6) is 0 Å². The summed E-state index contributed by atoms with van der Waals surface area (Å²) >= 11 is 5.99. The molecule has 7 nitrogen and oxygen atoms in total. The number of benzene rings is 1. The van der Waals surface area contributed by atoms with Crippen LogP contribution in [0.3, 0.4) is 0 Å². The number of nitrogens with zero attached hydrogens (tertiary/aromatic N) is 2. The number of halogens is 1. The SMILES string of the molecule is Cc1cc([N+](=O)[O-])c(Cl)c(S(=O)(=O)N2CCC(C(C)N)CC2)c1. The van der Waals surface area contributed by atoms with Gasteiger partial charge in [0.15, 0.2) is 0 Å². The molecule has 0 amide bonds. The first-order valence-electron chi connectivity index (χ1n) is 7.35. The number of hydrogen-bond acceptors (Lipinski definition) is 5. The van der Waals surface area contributed by atoms with Crippen molar-refractivity contribution in [3.05, 3.63) is 32.8 Å². The van der Waals surface area contributed by atoms with Gasteiger partial charge in [0, 0.05) is 25.2 Å². The van der Waals surface area contributed by atoms with Gasteiger partial charge in [-0.2, -0.15) is 4.31 Å². The van der Waals surface area contributed by atoms with Gasteiger partial charge in [-0.3, -0.25) is 10.1 Å². The number of aryl methyl sites for hydroxylation is 1. The van der Waals surface area contributed by atoms with Gasteiger partial charge in [0.1, 0.15) is 9.92 Å². The van der Waals surface area contributed by atoms with Gasteiger partial charge in [-0.05, 0) is 44.2 Å². The molecule has 1 unspecified atom stereocenters. The van der Waals surface area contributed by atoms with Crippen molar-refractivity contribution >= 4 is 27.3 Å². The van der Waals surface area contributed by atoms with Crippen molar-refractivity contribution in [3.63, 3.8) is 0 Å². The summed E-state index contributed by atoms with van der Waals surface area (Å²) in [6.45, 7) is 4.19. The minimum absolute atomic E-state index is 0.0171. The van der Waals surface area contributed by atoms with Gasteiger partial charge in [-0.15, -0.1) is 0 Å². The van der Waals surface area contributed by atoms with Gasteiger partial charge in [0.2, 0.25) is 10.0 Å². The Morgan fingerprint density at radius 2 is 1.96 bits per heavy atom. The molecule has 1 aromatic carbocycles. The zero-order chi connectivity index (χ0) is 17.4. The van der Waals surface area contributed by atoms with E-state index in [2.05, 4.69) is 0 Å². The van der Waals surface area contributed by atoms with Crippen molar-refractivity contribution in [2.24, 2.45) is 11.7 Å². The fourth-order valence-corrected chi connectivity index (χ4v) is 4.92. The number of rotatable bonds is 4. The van der Waals surface area contributed by atoms with E-state index < -0.39 is 20.6 Å². The molecule has 0 spiro atoms. The Hall–Kier alpha value is -1.22. The summed E-state index contributed by atoms with van der Waals surface area (Å²) in [6, 6.07) is 2.66. The third-order valence-corrected chi connectivity index (χ3v) is 6.65. The summed E-state index contributed by atoms with van der Waals surface area (Å²) in [4.78, 5) is 10.2. The molecule has 23 heavy (non-hydrogen) atoms. The summed E-state index contributed by atoms with van der Waals surface area (Å²) in [6.07, 6.45) is 1.34. The Kier molecular flexibility index (Phi) is 5.30. The molecular weight excluding hydrogens is 342 g/mol. The van der Waals surface area contributed by atoms with E-state index in [1.54, 1.807) is 6.92 Å². The van der Waals surface area contributed by atoms with Crippen LogP contribution in [0.15, 0.2) is 17.0 Å². The van der Waals surface area contributed by atoms with Crippen molar-refractivity contribution in [1.82, 2.24) is 4.31 Å². The molecule has 0 radical (unpaired) electrons. The van der Waals surface area contributed by atoms with Crippen LogP contribution < -0.4 is 5.73 Å². The maximum Gasteiger partial charge on any atom is 0.289 e. The largest absolute Gasteiger partial charge is 0.328 e. The highest BCUT2D eigenvalue weighted by Crippen LogP contribution is 2.35. The van der Waals surface area contributed by atoms with Crippen LogP contribution in [0.2, 0.25) is 5.02 Å². The molecule has 2 N–H and O–H groups in total. The molecule has 0 bridgehead atoms. The topological polar surface area (TPSA) is 107 Å². The van der Waals surface area contributed by atoms with E-state index in [-0.39, 0.29) is 21.9 Å². The molecular formula is C14H20ClN3O4S. The summed E-state index contributed by atoms with van der Waals surface area (Å²) in [7, 11) is -3.86. The van der Waals surface area contributed by atoms with E-state index in [9.17, 15) is 18.5 Å². The molecule has 1 atom stereocenters. The van der Waals surface area contributed by atoms with E-state index in [4.69, 9.17) is 17.3 Å². The number of hydrogen-bond donors (Lipinski definition) is 1. The lowest BCUT2D eigenvalue weighted by atomic mass is 9.92. The predicted molar refractivity (Wildman–Crippen MR) is 88.0 cm³/mol. The van der Waals surface area contributed by atoms with Gasteiger partial charge < -0.3 is 5.73 Å². The highest BCUT2D eigenvalue weighted by molar-refractivity contribution is 7.89. The normalized spacial score (nSPS) is 18.8. The van der Waals surface area contributed by atoms with E-state index in [0.29, 0.717) is 31.5 Å². The van der Waals surface area contributed by atoms with Gasteiger partial charge in [-0.1, -0.05) is 11.6 Å². The first kappa shape index (κ1) is 18.1. The Balaban J connectivity index is 2.36. The zero-order valence-electron chi connectivity index (χ0n) is 13.0. The lowest BCUT2D eigenvalue weighted by molar-refractivity contribution is -0.385. The molecule has 2 rings (SSSR count). The van der Waals surface area contributed by atoms with Crippen LogP contribution >= 0.6 is 11.6 Å². The van der Waals surface area contributed by atoms with Crippen LogP contribution in [-0.2, 0) is 10.0 Å². The van der Waals surface area contributed by atoms with E-state index in [1.165, 1.54) is 16.4 Å². The van der Waals surface area contributed by atoms with Crippen molar-refractivity contribution in [1.29, 1.82) is 0 Å². The number of piperidine rings is 1. The summed E-state index contributed by atoms with van der Waals surface area (Å²) in [5.41, 5.74) is 5.95. The number of nitrogens with two attached hydrogens (primary N) is 1. The molecule has 1 aromatic rings. The van der Waals surface area contributed by atoms with Crippen LogP contribution in [0.1, 0.15) is 25.3 Å². The molecule has 1 aliphatic rings. The quantitative estimate of drug-likeness (QED) is 0.654. The highest BCUT2D eigenvalue weighted by atomic mass is 35.5. The second-order valence-electron chi connectivity index (χ2n) is 5.95. The third-order valence-electron chi connectivity index (χ3n) is 4.22. The van der Waals surface area contributed by atoms with E-state index >= 15 is 0 Å². The minimum atomic E-state index is -3.86. The van der Waals surface area contributed by atoms with Crippen LogP contribution in [0.4, 0.5) is 5.69 Å². The lowest BCUT2D eigenvalue weighted by Crippen LogP contribution is -2.42. The van der Waals surface area contributed by atoms with Crippen LogP contribution in [-0.4, -0.2) is 36.8 Å². The third kappa shape index (κ3) is 3.65. The molecule has 1 aliphatic heterocycles. The average molecular weight is 362 g/mol. The second-order valence-corrected chi connectivity index (χ2v) is 8.24. The molecule has 9 heteroatoms. The number of nitro groups is 1. The first-order chi connectivity index (χ1) is 10.6. The summed E-state index contributed by atoms with van der Waals surface area (Å²) in [5.74, 6) is 0.281. The van der Waals surface area contributed by atoms with Crippen molar-refractivity contribution in [2.45, 2.75) is 37.6 Å². The Bertz CT molecular complexity index is 713. The number of sulfonamides is 1. The maximum absolute atomic E-state index is 12.8. The molecule has 0 aromatic heterocycles. The van der Waals surface area contributed by atoms with Gasteiger partial charge in [-0.25, -0.2) is 8.42 Å². The van der Waals surface area contributed by atoms with Gasteiger partial charge in [0.25, 0.3) is 5.69 Å². The maximum atomic E-state index is 12.8. The Morgan fingerprint density at radius 1 is 1.39 bits per heavy atom. The van der Waals surface area contributed by atoms with Gasteiger partial charge >= 0.3 is 0 Å². The smallest absolute Gasteiger partial charge is 0.289 e. The fraction of sp³-hybridized carbons (Fsp3) is 0.571. The van der Waals surface area contributed by atoms with Crippen LogP contribution in [0, 0.1) is 23.0 Å². The molecule has 0 saturated carbocycles. The summed E-state index contributed by atoms with van der Waals surface area (Å²) in [5, 5.41) is 10.7. The minimum Gasteiger partial charge on any atom is -0.328 e. The molecule has 1 fully saturated rings. The Labute approximate surface area is 140 Å². The van der Waals surface area contributed by atoms with Crippen molar-refractivity contribution in [3.8, 4) is 0 Å². The first-order valence-corrected chi connectivity index (χ1v) is 9.16. The number of nitro benzene ring substituents is 1. The monoisotopic (exact) mass is 361 g/mol. The van der Waals surface area contributed by atoms with Gasteiger partial charge in [0.05, 0.1) is 4.92 Å².